The Morgan fingerprint density at radius 1 is 1.17 bits per heavy atom. The van der Waals surface area contributed by atoms with Crippen LogP contribution in [0.4, 0.5) is 0 Å². The molecule has 0 amide bonds. The molecule has 3 nitrogen and oxygen atoms in total. The van der Waals surface area contributed by atoms with Gasteiger partial charge in [0.2, 0.25) is 0 Å². The lowest BCUT2D eigenvalue weighted by atomic mass is 9.69. The number of carbonyl (C=O) groups is 2. The van der Waals surface area contributed by atoms with E-state index in [0.29, 0.717) is 42.5 Å². The molecular weight excluding hydrogens is 228 g/mol. The summed E-state index contributed by atoms with van der Waals surface area (Å²) in [6.45, 7) is 3.39. The number of allylic oxidation sites excluding steroid dienone is 2. The van der Waals surface area contributed by atoms with Crippen molar-refractivity contribution in [1.29, 1.82) is 0 Å². The van der Waals surface area contributed by atoms with Crippen LogP contribution < -0.4 is 0 Å². The number of Topliss-reactive ketones (excluding diaryl/α,β-unsaturated/α-hetero) is 2. The van der Waals surface area contributed by atoms with Gasteiger partial charge in [0.1, 0.15) is 11.6 Å². The Kier molecular flexibility index (Phi) is 2.14. The van der Waals surface area contributed by atoms with E-state index in [-0.39, 0.29) is 23.7 Å². The van der Waals surface area contributed by atoms with Gasteiger partial charge in [-0.15, -0.1) is 0 Å². The summed E-state index contributed by atoms with van der Waals surface area (Å²) in [5, 5.41) is 0. The molecule has 7 unspecified atom stereocenters. The molecule has 0 aromatic heterocycles. The molecule has 0 radical (unpaired) electrons. The Balaban J connectivity index is 1.65. The predicted octanol–water partition coefficient (Wildman–Crippen LogP) is 1.48. The Morgan fingerprint density at radius 3 is 2.61 bits per heavy atom. The second-order valence-corrected chi connectivity index (χ2v) is 6.18. The Morgan fingerprint density at radius 2 is 1.89 bits per heavy atom. The molecule has 3 heteroatoms. The van der Waals surface area contributed by atoms with E-state index < -0.39 is 0 Å². The van der Waals surface area contributed by atoms with Gasteiger partial charge in [-0.05, 0) is 31.1 Å². The zero-order valence-corrected chi connectivity index (χ0v) is 10.5. The number of carbonyl (C=O) groups excluding carboxylic acids is 2. The lowest BCUT2D eigenvalue weighted by molar-refractivity contribution is -0.125. The normalized spacial score (nSPS) is 51.5. The maximum Gasteiger partial charge on any atom is 0.147 e. The van der Waals surface area contributed by atoms with Crippen molar-refractivity contribution in [3.05, 3.63) is 12.2 Å². The second kappa shape index (κ2) is 3.53. The topological polar surface area (TPSA) is 43.4 Å². The van der Waals surface area contributed by atoms with E-state index in [1.807, 2.05) is 6.92 Å². The summed E-state index contributed by atoms with van der Waals surface area (Å²) >= 11 is 0. The Bertz CT molecular complexity index is 453. The van der Waals surface area contributed by atoms with Gasteiger partial charge >= 0.3 is 0 Å². The van der Waals surface area contributed by atoms with Gasteiger partial charge in [-0.25, -0.2) is 0 Å². The molecule has 0 aromatic rings. The van der Waals surface area contributed by atoms with Crippen LogP contribution in [0.25, 0.3) is 0 Å². The zero-order valence-electron chi connectivity index (χ0n) is 10.5. The summed E-state index contributed by atoms with van der Waals surface area (Å²) in [5.74, 6) is 2.18. The smallest absolute Gasteiger partial charge is 0.147 e. The van der Waals surface area contributed by atoms with Crippen LogP contribution >= 0.6 is 0 Å². The van der Waals surface area contributed by atoms with E-state index in [4.69, 9.17) is 4.74 Å². The van der Waals surface area contributed by atoms with Gasteiger partial charge in [0.25, 0.3) is 0 Å². The van der Waals surface area contributed by atoms with E-state index >= 15 is 0 Å². The number of fused-ring (bicyclic) bond motifs is 9. The highest BCUT2D eigenvalue weighted by Gasteiger charge is 2.68. The lowest BCUT2D eigenvalue weighted by Gasteiger charge is -2.33. The number of ether oxygens (including phenoxy) is 1. The van der Waals surface area contributed by atoms with E-state index in [0.717, 1.165) is 6.42 Å². The molecule has 4 aliphatic rings. The van der Waals surface area contributed by atoms with Crippen LogP contribution in [0.5, 0.6) is 0 Å². The first kappa shape index (κ1) is 10.9. The van der Waals surface area contributed by atoms with Crippen molar-refractivity contribution in [3.8, 4) is 0 Å². The molecule has 4 aliphatic carbocycles. The molecule has 0 aliphatic heterocycles. The lowest BCUT2D eigenvalue weighted by Crippen LogP contribution is -2.33. The van der Waals surface area contributed by atoms with Gasteiger partial charge in [-0.1, -0.05) is 12.2 Å². The van der Waals surface area contributed by atoms with Crippen LogP contribution in [0.2, 0.25) is 0 Å². The fraction of sp³-hybridized carbons (Fsp3) is 0.733. The Labute approximate surface area is 107 Å². The molecular formula is C15H18O3. The van der Waals surface area contributed by atoms with Crippen molar-refractivity contribution in [3.63, 3.8) is 0 Å². The van der Waals surface area contributed by atoms with Gasteiger partial charge in [-0.3, -0.25) is 9.59 Å². The standard InChI is InChI=1S/C15H18O3/c1-2-18-6-7-5-10-12-8-3-4-9(14(8)16)13(12)11(7)15(10)17/h3-4,7-13H,2,5-6H2,1H3. The van der Waals surface area contributed by atoms with Crippen molar-refractivity contribution in [2.45, 2.75) is 13.3 Å². The molecule has 3 fully saturated rings. The van der Waals surface area contributed by atoms with E-state index in [9.17, 15) is 9.59 Å². The molecule has 18 heavy (non-hydrogen) atoms. The fourth-order valence-corrected chi connectivity index (χ4v) is 5.11. The quantitative estimate of drug-likeness (QED) is 0.559. The van der Waals surface area contributed by atoms with Gasteiger partial charge in [-0.2, -0.15) is 0 Å². The molecule has 0 N–H and O–H groups in total. The third-order valence-corrected chi connectivity index (χ3v) is 5.63. The maximum atomic E-state index is 12.4. The third kappa shape index (κ3) is 1.09. The third-order valence-electron chi connectivity index (χ3n) is 5.63. The SMILES string of the molecule is CCOCC1CC2C(=O)C1C1C3C=CC(C3=O)C21. The molecule has 0 spiro atoms. The largest absolute Gasteiger partial charge is 0.381 e. The first-order valence-electron chi connectivity index (χ1n) is 7.07. The number of hydrogen-bond donors (Lipinski definition) is 0. The predicted molar refractivity (Wildman–Crippen MR) is 64.7 cm³/mol. The highest BCUT2D eigenvalue weighted by atomic mass is 16.5. The highest BCUT2D eigenvalue weighted by molar-refractivity contribution is 5.98. The van der Waals surface area contributed by atoms with Crippen LogP contribution in [0, 0.1) is 41.4 Å². The summed E-state index contributed by atoms with van der Waals surface area (Å²) in [6, 6.07) is 0. The summed E-state index contributed by atoms with van der Waals surface area (Å²) in [4.78, 5) is 24.5. The molecule has 7 atom stereocenters. The maximum absolute atomic E-state index is 12.4. The summed E-state index contributed by atoms with van der Waals surface area (Å²) < 4.78 is 5.52. The minimum absolute atomic E-state index is 0.0448. The summed E-state index contributed by atoms with van der Waals surface area (Å²) in [6.07, 6.45) is 5.06. The van der Waals surface area contributed by atoms with Crippen molar-refractivity contribution in [2.75, 3.05) is 13.2 Å². The average Bonchev–Trinajstić information content (AvgIpc) is 3.05. The molecule has 4 rings (SSSR count). The molecule has 96 valence electrons. The van der Waals surface area contributed by atoms with Crippen molar-refractivity contribution in [1.82, 2.24) is 0 Å². The second-order valence-electron chi connectivity index (χ2n) is 6.18. The van der Waals surface area contributed by atoms with Crippen molar-refractivity contribution in [2.24, 2.45) is 41.4 Å². The first-order valence-corrected chi connectivity index (χ1v) is 7.07. The molecule has 0 aromatic carbocycles. The van der Waals surface area contributed by atoms with Crippen LogP contribution in [-0.4, -0.2) is 24.8 Å². The first-order chi connectivity index (χ1) is 8.74. The summed E-state index contributed by atoms with van der Waals surface area (Å²) in [7, 11) is 0. The van der Waals surface area contributed by atoms with Crippen LogP contribution in [0.15, 0.2) is 12.2 Å². The zero-order chi connectivity index (χ0) is 12.4. The van der Waals surface area contributed by atoms with E-state index in [1.165, 1.54) is 0 Å². The number of ketones is 2. The van der Waals surface area contributed by atoms with Crippen LogP contribution in [0.1, 0.15) is 13.3 Å². The summed E-state index contributed by atoms with van der Waals surface area (Å²) in [5.41, 5.74) is 0. The van der Waals surface area contributed by atoms with Crippen molar-refractivity contribution < 1.29 is 14.3 Å². The molecule has 0 saturated heterocycles. The van der Waals surface area contributed by atoms with E-state index in [2.05, 4.69) is 12.2 Å². The monoisotopic (exact) mass is 246 g/mol. The van der Waals surface area contributed by atoms with Gasteiger partial charge in [0.15, 0.2) is 0 Å². The minimum atomic E-state index is 0.0448. The van der Waals surface area contributed by atoms with Gasteiger partial charge in [0, 0.05) is 30.3 Å². The number of rotatable bonds is 3. The van der Waals surface area contributed by atoms with Crippen molar-refractivity contribution >= 4 is 11.6 Å². The van der Waals surface area contributed by atoms with Crippen LogP contribution in [-0.2, 0) is 14.3 Å². The fourth-order valence-electron chi connectivity index (χ4n) is 5.11. The molecule has 0 heterocycles. The Hall–Kier alpha value is -0.960. The minimum Gasteiger partial charge on any atom is -0.381 e. The molecule has 3 saturated carbocycles. The average molecular weight is 246 g/mol. The number of hydrogen-bond acceptors (Lipinski definition) is 3. The van der Waals surface area contributed by atoms with E-state index in [1.54, 1.807) is 0 Å². The van der Waals surface area contributed by atoms with Gasteiger partial charge in [0.05, 0.1) is 6.61 Å². The van der Waals surface area contributed by atoms with Crippen LogP contribution in [0.3, 0.4) is 0 Å². The highest BCUT2D eigenvalue weighted by Crippen LogP contribution is 2.64. The van der Waals surface area contributed by atoms with Gasteiger partial charge < -0.3 is 4.74 Å². The molecule has 4 bridgehead atoms.